The minimum absolute atomic E-state index is 0.281. The first-order chi connectivity index (χ1) is 7.28. The van der Waals surface area contributed by atoms with Gasteiger partial charge in [0.15, 0.2) is 0 Å². The van der Waals surface area contributed by atoms with Gasteiger partial charge >= 0.3 is 0 Å². The fraction of sp³-hybridized carbons (Fsp3) is 0. The molecule has 2 aromatic rings. The van der Waals surface area contributed by atoms with Crippen LogP contribution in [0.1, 0.15) is 5.56 Å². The van der Waals surface area contributed by atoms with Gasteiger partial charge in [-0.05, 0) is 23.9 Å². The zero-order valence-corrected chi connectivity index (χ0v) is 8.92. The minimum Gasteiger partial charge on any atom is -0.440 e. The van der Waals surface area contributed by atoms with E-state index in [0.717, 1.165) is 0 Å². The van der Waals surface area contributed by atoms with E-state index in [1.54, 1.807) is 6.07 Å². The van der Waals surface area contributed by atoms with Crippen molar-refractivity contribution in [1.82, 2.24) is 9.97 Å². The quantitative estimate of drug-likeness (QED) is 0.752. The van der Waals surface area contributed by atoms with Crippen LogP contribution >= 0.6 is 23.4 Å². The second-order valence-electron chi connectivity index (χ2n) is 2.53. The van der Waals surface area contributed by atoms with Crippen LogP contribution in [-0.4, -0.2) is 9.97 Å². The lowest BCUT2D eigenvalue weighted by molar-refractivity contribution is 0.454. The number of oxazole rings is 1. The Labute approximate surface area is 94.9 Å². The highest BCUT2D eigenvalue weighted by atomic mass is 35.5. The Morgan fingerprint density at radius 3 is 3.00 bits per heavy atom. The molecule has 4 nitrogen and oxygen atoms in total. The number of halogens is 1. The van der Waals surface area contributed by atoms with Crippen molar-refractivity contribution in [3.63, 3.8) is 0 Å². The second kappa shape index (κ2) is 4.34. The highest BCUT2D eigenvalue weighted by Crippen LogP contribution is 2.26. The molecule has 0 aromatic carbocycles. The molecule has 0 aliphatic carbocycles. The van der Waals surface area contributed by atoms with E-state index in [9.17, 15) is 0 Å². The van der Waals surface area contributed by atoms with Crippen molar-refractivity contribution in [2.45, 2.75) is 10.2 Å². The van der Waals surface area contributed by atoms with Gasteiger partial charge in [0.05, 0.1) is 17.8 Å². The smallest absolute Gasteiger partial charge is 0.261 e. The molecule has 6 heteroatoms. The zero-order valence-electron chi connectivity index (χ0n) is 7.35. The SMILES string of the molecule is N#Cc1cc(Cl)nc(Sc2ncco2)c1. The Balaban J connectivity index is 2.29. The van der Waals surface area contributed by atoms with Crippen molar-refractivity contribution in [3.05, 3.63) is 35.3 Å². The van der Waals surface area contributed by atoms with Crippen LogP contribution < -0.4 is 0 Å². The van der Waals surface area contributed by atoms with Crippen LogP contribution in [0.25, 0.3) is 0 Å². The van der Waals surface area contributed by atoms with Gasteiger partial charge < -0.3 is 4.42 Å². The third kappa shape index (κ3) is 2.49. The molecular formula is C9H4ClN3OS. The van der Waals surface area contributed by atoms with Crippen LogP contribution in [0, 0.1) is 11.3 Å². The van der Waals surface area contributed by atoms with Crippen LogP contribution in [0.15, 0.2) is 39.3 Å². The molecule has 0 bridgehead atoms. The van der Waals surface area contributed by atoms with E-state index in [1.165, 1.54) is 30.3 Å². The summed E-state index contributed by atoms with van der Waals surface area (Å²) in [5.74, 6) is 0. The van der Waals surface area contributed by atoms with E-state index in [-0.39, 0.29) is 5.15 Å². The van der Waals surface area contributed by atoms with E-state index in [2.05, 4.69) is 9.97 Å². The number of aromatic nitrogens is 2. The molecule has 15 heavy (non-hydrogen) atoms. The average Bonchev–Trinajstić information content (AvgIpc) is 2.69. The molecule has 74 valence electrons. The van der Waals surface area contributed by atoms with Crippen LogP contribution in [0.5, 0.6) is 0 Å². The van der Waals surface area contributed by atoms with Crippen molar-refractivity contribution in [1.29, 1.82) is 5.26 Å². The van der Waals surface area contributed by atoms with Crippen molar-refractivity contribution < 1.29 is 4.42 Å². The molecule has 0 spiro atoms. The van der Waals surface area contributed by atoms with Gasteiger partial charge in [0, 0.05) is 0 Å². The average molecular weight is 238 g/mol. The first-order valence-electron chi connectivity index (χ1n) is 3.93. The monoisotopic (exact) mass is 237 g/mol. The van der Waals surface area contributed by atoms with Crippen molar-refractivity contribution in [3.8, 4) is 6.07 Å². The van der Waals surface area contributed by atoms with E-state index in [1.807, 2.05) is 6.07 Å². The summed E-state index contributed by atoms with van der Waals surface area (Å²) in [4.78, 5) is 7.96. The normalized spacial score (nSPS) is 9.87. The van der Waals surface area contributed by atoms with Gasteiger partial charge in [0.1, 0.15) is 16.4 Å². The summed E-state index contributed by atoms with van der Waals surface area (Å²) in [6.07, 6.45) is 3.01. The molecular weight excluding hydrogens is 234 g/mol. The highest BCUT2D eigenvalue weighted by Gasteiger charge is 2.05. The molecule has 0 fully saturated rings. The number of hydrogen-bond acceptors (Lipinski definition) is 5. The standard InChI is InChI=1S/C9H4ClN3OS/c10-7-3-6(5-11)4-8(13-7)15-9-12-1-2-14-9/h1-4H. The van der Waals surface area contributed by atoms with Gasteiger partial charge in [-0.15, -0.1) is 0 Å². The molecule has 0 radical (unpaired) electrons. The Bertz CT molecular complexity index is 507. The molecule has 2 rings (SSSR count). The first kappa shape index (κ1) is 10.0. The summed E-state index contributed by atoms with van der Waals surface area (Å²) in [6.45, 7) is 0. The topological polar surface area (TPSA) is 62.7 Å². The Kier molecular flexibility index (Phi) is 2.90. The summed E-state index contributed by atoms with van der Waals surface area (Å²) in [5, 5.41) is 10.1. The lowest BCUT2D eigenvalue weighted by Crippen LogP contribution is -1.84. The largest absolute Gasteiger partial charge is 0.440 e. The second-order valence-corrected chi connectivity index (χ2v) is 3.89. The number of pyridine rings is 1. The summed E-state index contributed by atoms with van der Waals surface area (Å²) >= 11 is 6.96. The maximum Gasteiger partial charge on any atom is 0.261 e. The van der Waals surface area contributed by atoms with Gasteiger partial charge in [-0.2, -0.15) is 5.26 Å². The van der Waals surface area contributed by atoms with Crippen LogP contribution in [0.2, 0.25) is 5.15 Å². The van der Waals surface area contributed by atoms with Gasteiger partial charge in [0.2, 0.25) is 0 Å². The first-order valence-corrected chi connectivity index (χ1v) is 5.12. The third-order valence-electron chi connectivity index (χ3n) is 1.50. The molecule has 0 aliphatic heterocycles. The molecule has 0 unspecified atom stereocenters. The lowest BCUT2D eigenvalue weighted by atomic mass is 10.3. The van der Waals surface area contributed by atoms with Gasteiger partial charge in [-0.25, -0.2) is 9.97 Å². The summed E-state index contributed by atoms with van der Waals surface area (Å²) in [5.41, 5.74) is 0.462. The maximum atomic E-state index is 8.73. The minimum atomic E-state index is 0.281. The molecule has 2 heterocycles. The molecule has 0 saturated carbocycles. The predicted octanol–water partition coefficient (Wildman–Crippen LogP) is 2.75. The van der Waals surface area contributed by atoms with E-state index in [0.29, 0.717) is 15.8 Å². The lowest BCUT2D eigenvalue weighted by Gasteiger charge is -1.97. The van der Waals surface area contributed by atoms with E-state index >= 15 is 0 Å². The van der Waals surface area contributed by atoms with E-state index < -0.39 is 0 Å². The van der Waals surface area contributed by atoms with E-state index in [4.69, 9.17) is 21.3 Å². The molecule has 2 aromatic heterocycles. The Morgan fingerprint density at radius 2 is 2.33 bits per heavy atom. The molecule has 0 aliphatic rings. The van der Waals surface area contributed by atoms with Crippen molar-refractivity contribution >= 4 is 23.4 Å². The zero-order chi connectivity index (χ0) is 10.7. The maximum absolute atomic E-state index is 8.73. The van der Waals surface area contributed by atoms with Gasteiger partial charge in [0.25, 0.3) is 5.22 Å². The molecule has 0 saturated heterocycles. The van der Waals surface area contributed by atoms with Crippen LogP contribution in [0.3, 0.4) is 0 Å². The highest BCUT2D eigenvalue weighted by molar-refractivity contribution is 7.99. The number of nitriles is 1. The summed E-state index contributed by atoms with van der Waals surface area (Å²) in [6, 6.07) is 5.13. The Hall–Kier alpha value is -1.51. The summed E-state index contributed by atoms with van der Waals surface area (Å²) < 4.78 is 5.04. The third-order valence-corrected chi connectivity index (χ3v) is 2.49. The fourth-order valence-electron chi connectivity index (χ4n) is 0.940. The van der Waals surface area contributed by atoms with Gasteiger partial charge in [-0.1, -0.05) is 11.6 Å². The number of rotatable bonds is 2. The Morgan fingerprint density at radius 1 is 1.47 bits per heavy atom. The van der Waals surface area contributed by atoms with Crippen molar-refractivity contribution in [2.24, 2.45) is 0 Å². The van der Waals surface area contributed by atoms with Crippen LogP contribution in [0.4, 0.5) is 0 Å². The molecule has 0 amide bonds. The van der Waals surface area contributed by atoms with Crippen LogP contribution in [-0.2, 0) is 0 Å². The molecule has 0 atom stereocenters. The van der Waals surface area contributed by atoms with Gasteiger partial charge in [-0.3, -0.25) is 0 Å². The predicted molar refractivity (Wildman–Crippen MR) is 54.6 cm³/mol. The number of hydrogen-bond donors (Lipinski definition) is 0. The molecule has 0 N–H and O–H groups in total. The summed E-state index contributed by atoms with van der Waals surface area (Å²) in [7, 11) is 0. The fourth-order valence-corrected chi connectivity index (χ4v) is 1.92. The van der Waals surface area contributed by atoms with Crippen molar-refractivity contribution in [2.75, 3.05) is 0 Å². The number of nitrogens with zero attached hydrogens (tertiary/aromatic N) is 3.